The van der Waals surface area contributed by atoms with E-state index >= 15 is 0 Å². The molecule has 3 aromatic rings. The monoisotopic (exact) mass is 548 g/mol. The molecule has 0 radical (unpaired) electrons. The lowest BCUT2D eigenvalue weighted by Crippen LogP contribution is -2.41. The maximum Gasteiger partial charge on any atom is 0.291 e. The molecule has 0 atom stereocenters. The van der Waals surface area contributed by atoms with Crippen LogP contribution in [-0.4, -0.2) is 25.5 Å². The maximum atomic E-state index is 14.2. The number of guanidine groups is 1. The molecule has 1 aliphatic rings. The first-order valence-electron chi connectivity index (χ1n) is 10.2. The van der Waals surface area contributed by atoms with E-state index in [-0.39, 0.29) is 46.9 Å². The molecule has 0 saturated heterocycles. The fourth-order valence-corrected chi connectivity index (χ4v) is 3.55. The van der Waals surface area contributed by atoms with Crippen molar-refractivity contribution in [3.05, 3.63) is 89.6 Å². The smallest absolute Gasteiger partial charge is 0.291 e. The van der Waals surface area contributed by atoms with Gasteiger partial charge < -0.3 is 20.4 Å². The molecule has 1 aromatic heterocycles. The summed E-state index contributed by atoms with van der Waals surface area (Å²) in [7, 11) is 1.71. The van der Waals surface area contributed by atoms with Gasteiger partial charge in [0.25, 0.3) is 5.91 Å². The lowest BCUT2D eigenvalue weighted by molar-refractivity contribution is 0.0996. The number of nitrogens with zero attached hydrogens (tertiary/aromatic N) is 1. The van der Waals surface area contributed by atoms with Gasteiger partial charge in [-0.05, 0) is 54.3 Å². The average Bonchev–Trinajstić information content (AvgIpc) is 3.36. The van der Waals surface area contributed by atoms with Crippen LogP contribution in [0.4, 0.5) is 10.1 Å². The molecule has 3 N–H and O–H groups in total. The van der Waals surface area contributed by atoms with E-state index in [9.17, 15) is 9.18 Å². The summed E-state index contributed by atoms with van der Waals surface area (Å²) in [6.45, 7) is 1.20. The summed E-state index contributed by atoms with van der Waals surface area (Å²) in [5.74, 6) is 0.496. The molecule has 1 amide bonds. The van der Waals surface area contributed by atoms with Gasteiger partial charge in [-0.15, -0.1) is 24.0 Å². The Labute approximate surface area is 203 Å². The number of carbonyl (C=O) groups is 1. The number of hydrogen-bond donors (Lipinski definition) is 3. The molecule has 1 fully saturated rings. The molecule has 1 heterocycles. The van der Waals surface area contributed by atoms with E-state index in [0.29, 0.717) is 24.7 Å². The van der Waals surface area contributed by atoms with Crippen LogP contribution in [0.15, 0.2) is 76.3 Å². The van der Waals surface area contributed by atoms with Crippen molar-refractivity contribution in [3.63, 3.8) is 0 Å². The second-order valence-corrected chi connectivity index (χ2v) is 7.67. The Morgan fingerprint density at radius 2 is 1.81 bits per heavy atom. The van der Waals surface area contributed by atoms with Crippen molar-refractivity contribution in [1.82, 2.24) is 10.6 Å². The lowest BCUT2D eigenvalue weighted by Gasteiger charge is -2.19. The van der Waals surface area contributed by atoms with Crippen LogP contribution in [0.5, 0.6) is 0 Å². The molecular formula is C24H26FIN4O2. The van der Waals surface area contributed by atoms with Gasteiger partial charge in [0.2, 0.25) is 0 Å². The Kier molecular flexibility index (Phi) is 7.89. The normalized spacial score (nSPS) is 14.2. The van der Waals surface area contributed by atoms with Gasteiger partial charge in [-0.2, -0.15) is 0 Å². The fraction of sp³-hybridized carbons (Fsp3) is 0.250. The van der Waals surface area contributed by atoms with Crippen LogP contribution in [0.2, 0.25) is 0 Å². The Morgan fingerprint density at radius 1 is 1.06 bits per heavy atom. The first-order valence-corrected chi connectivity index (χ1v) is 10.2. The second-order valence-electron chi connectivity index (χ2n) is 7.67. The fourth-order valence-electron chi connectivity index (χ4n) is 3.55. The minimum absolute atomic E-state index is 0. The number of furan rings is 1. The predicted octanol–water partition coefficient (Wildman–Crippen LogP) is 4.69. The standard InChI is InChI=1S/C24H25FN4O2.HI/c1-26-23(28-16-24(12-13-24)19-5-2-3-6-20(19)25)27-15-17-8-10-18(11-9-17)29-22(30)21-7-4-14-31-21;/h2-11,14H,12-13,15-16H2,1H3,(H,29,30)(H2,26,27,28);1H. The molecule has 6 nitrogen and oxygen atoms in total. The first kappa shape index (κ1) is 23.8. The summed E-state index contributed by atoms with van der Waals surface area (Å²) in [5, 5.41) is 9.40. The largest absolute Gasteiger partial charge is 0.459 e. The quantitative estimate of drug-likeness (QED) is 0.228. The molecule has 4 rings (SSSR count). The van der Waals surface area contributed by atoms with Crippen molar-refractivity contribution in [2.45, 2.75) is 24.8 Å². The number of nitrogens with one attached hydrogen (secondary N) is 3. The van der Waals surface area contributed by atoms with Crippen molar-refractivity contribution in [2.75, 3.05) is 18.9 Å². The highest BCUT2D eigenvalue weighted by atomic mass is 127. The van der Waals surface area contributed by atoms with E-state index in [4.69, 9.17) is 4.42 Å². The SMILES string of the molecule is CN=C(NCc1ccc(NC(=O)c2ccco2)cc1)NCC1(c2ccccc2F)CC1.I. The third-order valence-corrected chi connectivity index (χ3v) is 5.53. The summed E-state index contributed by atoms with van der Waals surface area (Å²) < 4.78 is 19.3. The predicted molar refractivity (Wildman–Crippen MR) is 134 cm³/mol. The van der Waals surface area contributed by atoms with Crippen LogP contribution in [-0.2, 0) is 12.0 Å². The molecule has 1 aliphatic carbocycles. The molecule has 1 saturated carbocycles. The van der Waals surface area contributed by atoms with Crippen LogP contribution in [0.25, 0.3) is 0 Å². The van der Waals surface area contributed by atoms with Crippen LogP contribution < -0.4 is 16.0 Å². The molecule has 0 unspecified atom stereocenters. The Morgan fingerprint density at radius 3 is 2.44 bits per heavy atom. The Balaban J connectivity index is 0.00000289. The van der Waals surface area contributed by atoms with Crippen molar-refractivity contribution in [2.24, 2.45) is 4.99 Å². The highest BCUT2D eigenvalue weighted by Crippen LogP contribution is 2.48. The van der Waals surface area contributed by atoms with Crippen molar-refractivity contribution >= 4 is 41.5 Å². The third kappa shape index (κ3) is 5.67. The number of rotatable bonds is 7. The molecular weight excluding hydrogens is 522 g/mol. The zero-order chi connectivity index (χ0) is 21.7. The molecule has 32 heavy (non-hydrogen) atoms. The second kappa shape index (κ2) is 10.6. The van der Waals surface area contributed by atoms with Gasteiger partial charge >= 0.3 is 0 Å². The number of aliphatic imine (C=N–C) groups is 1. The Hall–Kier alpha value is -2.88. The summed E-state index contributed by atoms with van der Waals surface area (Å²) in [6.07, 6.45) is 3.39. The van der Waals surface area contributed by atoms with Gasteiger partial charge in [0.15, 0.2) is 11.7 Å². The van der Waals surface area contributed by atoms with Crippen molar-refractivity contribution in [1.29, 1.82) is 0 Å². The minimum Gasteiger partial charge on any atom is -0.459 e. The summed E-state index contributed by atoms with van der Waals surface area (Å²) in [5.41, 5.74) is 2.34. The van der Waals surface area contributed by atoms with Gasteiger partial charge in [0.1, 0.15) is 5.82 Å². The van der Waals surface area contributed by atoms with Gasteiger partial charge in [-0.25, -0.2) is 4.39 Å². The molecule has 2 aromatic carbocycles. The average molecular weight is 548 g/mol. The van der Waals surface area contributed by atoms with E-state index < -0.39 is 0 Å². The number of carbonyl (C=O) groups excluding carboxylic acids is 1. The van der Waals surface area contributed by atoms with E-state index in [0.717, 1.165) is 24.0 Å². The van der Waals surface area contributed by atoms with Gasteiger partial charge in [0, 0.05) is 31.2 Å². The zero-order valence-corrected chi connectivity index (χ0v) is 20.1. The molecule has 0 bridgehead atoms. The highest BCUT2D eigenvalue weighted by molar-refractivity contribution is 14.0. The number of halogens is 2. The van der Waals surface area contributed by atoms with Gasteiger partial charge in [-0.3, -0.25) is 9.79 Å². The van der Waals surface area contributed by atoms with E-state index in [1.165, 1.54) is 12.3 Å². The summed E-state index contributed by atoms with van der Waals surface area (Å²) >= 11 is 0. The third-order valence-electron chi connectivity index (χ3n) is 5.53. The zero-order valence-electron chi connectivity index (χ0n) is 17.7. The highest BCUT2D eigenvalue weighted by Gasteiger charge is 2.45. The molecule has 8 heteroatoms. The number of hydrogen-bond acceptors (Lipinski definition) is 3. The van der Waals surface area contributed by atoms with Crippen LogP contribution in [0.3, 0.4) is 0 Å². The van der Waals surface area contributed by atoms with Gasteiger partial charge in [-0.1, -0.05) is 30.3 Å². The van der Waals surface area contributed by atoms with Crippen molar-refractivity contribution in [3.8, 4) is 0 Å². The Bertz CT molecular complexity index is 1060. The van der Waals surface area contributed by atoms with Crippen LogP contribution in [0.1, 0.15) is 34.5 Å². The summed E-state index contributed by atoms with van der Waals surface area (Å²) in [6, 6.07) is 17.8. The molecule has 0 aliphatic heterocycles. The first-order chi connectivity index (χ1) is 15.1. The number of anilines is 1. The van der Waals surface area contributed by atoms with E-state index in [2.05, 4.69) is 20.9 Å². The topological polar surface area (TPSA) is 78.7 Å². The van der Waals surface area contributed by atoms with Crippen LogP contribution >= 0.6 is 24.0 Å². The van der Waals surface area contributed by atoms with Crippen LogP contribution in [0, 0.1) is 5.82 Å². The summed E-state index contributed by atoms with van der Waals surface area (Å²) in [4.78, 5) is 16.3. The van der Waals surface area contributed by atoms with E-state index in [1.54, 1.807) is 25.2 Å². The number of benzene rings is 2. The van der Waals surface area contributed by atoms with E-state index in [1.807, 2.05) is 36.4 Å². The molecule has 168 valence electrons. The lowest BCUT2D eigenvalue weighted by atomic mass is 9.95. The minimum atomic E-state index is -0.288. The van der Waals surface area contributed by atoms with Gasteiger partial charge in [0.05, 0.1) is 6.26 Å². The number of amides is 1. The van der Waals surface area contributed by atoms with Crippen molar-refractivity contribution < 1.29 is 13.6 Å². The maximum absolute atomic E-state index is 14.2. The molecule has 0 spiro atoms.